The molecule has 4 rings (SSSR count). The second kappa shape index (κ2) is 14.6. The number of halogens is 4. The van der Waals surface area contributed by atoms with Crippen LogP contribution in [0.2, 0.25) is 0 Å². The van der Waals surface area contributed by atoms with Crippen LogP contribution in [0.1, 0.15) is 46.4 Å². The highest BCUT2D eigenvalue weighted by Gasteiger charge is 2.34. The van der Waals surface area contributed by atoms with Crippen molar-refractivity contribution >= 4 is 24.5 Å². The Balaban J connectivity index is 0.000000228. The number of carboxylic acids is 2. The zero-order chi connectivity index (χ0) is 25.7. The van der Waals surface area contributed by atoms with Gasteiger partial charge in [-0.15, -0.1) is 0 Å². The molecule has 0 heterocycles. The van der Waals surface area contributed by atoms with Gasteiger partial charge in [-0.3, -0.25) is 9.59 Å². The van der Waals surface area contributed by atoms with E-state index in [1.165, 1.54) is 36.4 Å². The van der Waals surface area contributed by atoms with Gasteiger partial charge in [0.1, 0.15) is 36.6 Å². The van der Waals surface area contributed by atoms with E-state index in [9.17, 15) is 36.7 Å². The fourth-order valence-electron chi connectivity index (χ4n) is 2.58. The van der Waals surface area contributed by atoms with E-state index in [4.69, 9.17) is 10.2 Å². The Morgan fingerprint density at radius 2 is 1.21 bits per heavy atom. The van der Waals surface area contributed by atoms with Crippen molar-refractivity contribution in [3.63, 3.8) is 0 Å². The number of benzene rings is 2. The third-order valence-corrected chi connectivity index (χ3v) is 4.84. The normalized spacial score (nSPS) is 21.8. The summed E-state index contributed by atoms with van der Waals surface area (Å²) in [7, 11) is 0. The van der Waals surface area contributed by atoms with Crippen LogP contribution < -0.4 is 0 Å². The third kappa shape index (κ3) is 10.8. The molecule has 2 aliphatic rings. The van der Waals surface area contributed by atoms with Crippen molar-refractivity contribution < 1.29 is 47.0 Å². The van der Waals surface area contributed by atoms with Crippen LogP contribution in [0, 0.1) is 23.5 Å². The summed E-state index contributed by atoms with van der Waals surface area (Å²) in [5, 5.41) is 16.5. The summed E-state index contributed by atoms with van der Waals surface area (Å²) in [6, 6.07) is 10.0. The summed E-state index contributed by atoms with van der Waals surface area (Å²) in [4.78, 5) is 39.9. The third-order valence-electron chi connectivity index (χ3n) is 4.84. The number of carbonyl (C=O) groups excluding carboxylic acids is 2. The highest BCUT2D eigenvalue weighted by atomic mass is 19.1. The number of aromatic carboxylic acids is 1. The molecule has 0 aliphatic heterocycles. The number of alkyl halides is 2. The van der Waals surface area contributed by atoms with Crippen molar-refractivity contribution in [3.8, 4) is 0 Å². The zero-order valence-corrected chi connectivity index (χ0v) is 18.0. The van der Waals surface area contributed by atoms with Gasteiger partial charge in [-0.25, -0.2) is 22.4 Å². The van der Waals surface area contributed by atoms with Gasteiger partial charge in [-0.2, -0.15) is 0 Å². The predicted octanol–water partition coefficient (Wildman–Crippen LogP) is 4.91. The summed E-state index contributed by atoms with van der Waals surface area (Å²) in [5.74, 6) is -3.01. The molecule has 0 spiro atoms. The van der Waals surface area contributed by atoms with Gasteiger partial charge in [0.15, 0.2) is 0 Å². The van der Waals surface area contributed by atoms with Gasteiger partial charge in [-0.05, 0) is 74.2 Å². The average molecular weight is 484 g/mol. The lowest BCUT2D eigenvalue weighted by atomic mass is 9.84. The number of carboxylic acid groups (broad SMARTS) is 2. The van der Waals surface area contributed by atoms with Crippen LogP contribution in [0.5, 0.6) is 0 Å². The molecule has 0 aromatic heterocycles. The van der Waals surface area contributed by atoms with E-state index < -0.39 is 36.0 Å². The van der Waals surface area contributed by atoms with Gasteiger partial charge in [0.25, 0.3) is 0 Å². The molecule has 0 amide bonds. The van der Waals surface area contributed by atoms with Crippen LogP contribution in [0.3, 0.4) is 0 Å². The molecule has 2 fully saturated rings. The van der Waals surface area contributed by atoms with Crippen LogP contribution in [-0.2, 0) is 9.59 Å². The van der Waals surface area contributed by atoms with Gasteiger partial charge in [0, 0.05) is 11.5 Å². The molecule has 184 valence electrons. The molecular formula is C24H24F4O6. The molecule has 10 heteroatoms. The Morgan fingerprint density at radius 3 is 1.47 bits per heavy atom. The smallest absolute Gasteiger partial charge is 0.335 e. The number of hydrogen-bond acceptors (Lipinski definition) is 4. The molecule has 2 aliphatic carbocycles. The maximum absolute atomic E-state index is 12.2. The Hall–Kier alpha value is -3.56. The molecule has 2 saturated carbocycles. The molecule has 0 unspecified atom stereocenters. The van der Waals surface area contributed by atoms with E-state index >= 15 is 0 Å². The lowest BCUT2D eigenvalue weighted by Gasteiger charge is -2.24. The number of carbonyl (C=O) groups is 4. The second-order valence-electron chi connectivity index (χ2n) is 7.55. The quantitative estimate of drug-likeness (QED) is 0.471. The summed E-state index contributed by atoms with van der Waals surface area (Å²) in [6.07, 6.45) is 1.33. The maximum atomic E-state index is 12.2. The van der Waals surface area contributed by atoms with Gasteiger partial charge in [-0.1, -0.05) is 0 Å². The Morgan fingerprint density at radius 1 is 0.765 bits per heavy atom. The zero-order valence-electron chi connectivity index (χ0n) is 18.0. The van der Waals surface area contributed by atoms with Gasteiger partial charge >= 0.3 is 11.9 Å². The molecule has 6 nitrogen and oxygen atoms in total. The fraction of sp³-hybridized carbons (Fsp3) is 0.333. The molecule has 0 bridgehead atoms. The first kappa shape index (κ1) is 28.5. The minimum Gasteiger partial charge on any atom is -0.481 e. The predicted molar refractivity (Wildman–Crippen MR) is 114 cm³/mol. The average Bonchev–Trinajstić information content (AvgIpc) is 2.77. The van der Waals surface area contributed by atoms with E-state index in [1.54, 1.807) is 0 Å². The van der Waals surface area contributed by atoms with E-state index in [0.717, 1.165) is 18.4 Å². The minimum atomic E-state index is -1.04. The number of aliphatic carboxylic acids is 1. The van der Waals surface area contributed by atoms with Crippen LogP contribution >= 0.6 is 0 Å². The van der Waals surface area contributed by atoms with Crippen LogP contribution in [-0.4, -0.2) is 47.1 Å². The fourth-order valence-corrected chi connectivity index (χ4v) is 2.58. The molecule has 2 aromatic carbocycles. The highest BCUT2D eigenvalue weighted by molar-refractivity contribution is 5.87. The van der Waals surface area contributed by atoms with E-state index in [2.05, 4.69) is 0 Å². The Labute approximate surface area is 193 Å². The first-order chi connectivity index (χ1) is 16.0. The van der Waals surface area contributed by atoms with Gasteiger partial charge in [0.2, 0.25) is 0 Å². The molecule has 0 saturated heterocycles. The van der Waals surface area contributed by atoms with Crippen molar-refractivity contribution in [3.05, 3.63) is 71.3 Å². The molecule has 0 radical (unpaired) electrons. The van der Waals surface area contributed by atoms with E-state index in [-0.39, 0.29) is 30.1 Å². The van der Waals surface area contributed by atoms with Crippen molar-refractivity contribution in [1.29, 1.82) is 0 Å². The Bertz CT molecular complexity index is 921. The van der Waals surface area contributed by atoms with Crippen molar-refractivity contribution in [1.82, 2.24) is 0 Å². The maximum Gasteiger partial charge on any atom is 0.335 e. The number of rotatable bonds is 4. The van der Waals surface area contributed by atoms with Crippen molar-refractivity contribution in [2.24, 2.45) is 11.8 Å². The summed E-state index contributed by atoms with van der Waals surface area (Å²) >= 11 is 0. The largest absolute Gasteiger partial charge is 0.481 e. The first-order valence-corrected chi connectivity index (χ1v) is 10.2. The van der Waals surface area contributed by atoms with Crippen LogP contribution in [0.4, 0.5) is 17.6 Å². The lowest BCUT2D eigenvalue weighted by molar-refractivity contribution is -0.146. The molecular weight excluding hydrogens is 460 g/mol. The van der Waals surface area contributed by atoms with E-state index in [0.29, 0.717) is 24.7 Å². The SMILES string of the molecule is O=C(O)C1CC(F)C1.O=C(O)c1ccc(F)cc1.O=CC1CC(F)C1.O=Cc1ccc(F)cc1. The first-order valence-electron chi connectivity index (χ1n) is 10.2. The second-order valence-corrected chi connectivity index (χ2v) is 7.55. The van der Waals surface area contributed by atoms with E-state index in [1.807, 2.05) is 0 Å². The number of aldehydes is 2. The van der Waals surface area contributed by atoms with Crippen molar-refractivity contribution in [2.75, 3.05) is 0 Å². The van der Waals surface area contributed by atoms with Crippen LogP contribution in [0.25, 0.3) is 0 Å². The summed E-state index contributed by atoms with van der Waals surface area (Å²) < 4.78 is 47.9. The van der Waals surface area contributed by atoms with Gasteiger partial charge < -0.3 is 15.0 Å². The molecule has 0 atom stereocenters. The topological polar surface area (TPSA) is 109 Å². The summed E-state index contributed by atoms with van der Waals surface area (Å²) in [6.45, 7) is 0. The number of hydrogen-bond donors (Lipinski definition) is 2. The monoisotopic (exact) mass is 484 g/mol. The standard InChI is InChI=1S/C7H5FO2.C7H5FO.C5H7FO2.C5H7FO/c8-6-3-1-5(2-4-6)7(9)10;8-7-3-1-6(5-9)2-4-7;6-4-1-3(2-4)5(7)8;6-5-1-4(2-5)3-7/h1-4H,(H,9,10);1-5H;3-4H,1-2H2,(H,7,8);3-5H,1-2H2. The molecule has 34 heavy (non-hydrogen) atoms. The highest BCUT2D eigenvalue weighted by Crippen LogP contribution is 2.29. The lowest BCUT2D eigenvalue weighted by Crippen LogP contribution is -2.31. The van der Waals surface area contributed by atoms with Crippen molar-refractivity contribution in [2.45, 2.75) is 38.0 Å². The van der Waals surface area contributed by atoms with Crippen LogP contribution in [0.15, 0.2) is 48.5 Å². The summed E-state index contributed by atoms with van der Waals surface area (Å²) in [5.41, 5.74) is 0.595. The Kier molecular flexibility index (Phi) is 12.2. The van der Waals surface area contributed by atoms with Gasteiger partial charge in [0.05, 0.1) is 11.5 Å². The molecule has 2 N–H and O–H groups in total. The molecule has 2 aromatic rings. The minimum absolute atomic E-state index is 0.0370.